The van der Waals surface area contributed by atoms with Gasteiger partial charge in [-0.1, -0.05) is 81.3 Å². The molecule has 0 aromatic heterocycles. The number of aryl methyl sites for hydroxylation is 1. The molecule has 3 aromatic rings. The van der Waals surface area contributed by atoms with E-state index in [0.717, 1.165) is 59.4 Å². The van der Waals surface area contributed by atoms with Gasteiger partial charge in [-0.3, -0.25) is 9.59 Å². The highest BCUT2D eigenvalue weighted by atomic mass is 32.2. The number of aliphatic hydroxyl groups excluding tert-OH is 3. The molecule has 260 valence electrons. The number of hydrogen-bond donors (Lipinski definition) is 3. The molecule has 4 rings (SSSR count). The lowest BCUT2D eigenvalue weighted by molar-refractivity contribution is 0.0397. The van der Waals surface area contributed by atoms with E-state index in [1.807, 2.05) is 91.5 Å². The third-order valence-electron chi connectivity index (χ3n) is 10.1. The minimum absolute atomic E-state index is 0.0557. The summed E-state index contributed by atoms with van der Waals surface area (Å²) in [5.74, 6) is 0.619. The second-order valence-corrected chi connectivity index (χ2v) is 14.7. The lowest BCUT2D eigenvalue weighted by Crippen LogP contribution is -2.51. The molecule has 1 aliphatic carbocycles. The van der Waals surface area contributed by atoms with Gasteiger partial charge in [0.15, 0.2) is 0 Å². The Morgan fingerprint density at radius 1 is 0.854 bits per heavy atom. The van der Waals surface area contributed by atoms with Crippen LogP contribution in [-0.4, -0.2) is 80.6 Å². The Kier molecular flexibility index (Phi) is 13.7. The molecule has 0 spiro atoms. The van der Waals surface area contributed by atoms with Crippen LogP contribution in [-0.2, 0) is 18.4 Å². The van der Waals surface area contributed by atoms with Crippen LogP contribution in [0.3, 0.4) is 0 Å². The Bertz CT molecular complexity index is 1490. The first-order chi connectivity index (χ1) is 23.1. The van der Waals surface area contributed by atoms with Gasteiger partial charge >= 0.3 is 0 Å². The fourth-order valence-corrected chi connectivity index (χ4v) is 8.04. The smallest absolute Gasteiger partial charge is 0.254 e. The Labute approximate surface area is 291 Å². The number of carbonyl (C=O) groups is 2. The van der Waals surface area contributed by atoms with Crippen molar-refractivity contribution in [3.8, 4) is 0 Å². The molecule has 2 amide bonds. The molecule has 3 N–H and O–H groups in total. The number of carbonyl (C=O) groups excluding carboxylic acids is 2. The first kappa shape index (κ1) is 37.6. The molecule has 1 unspecified atom stereocenters. The number of β-amino-alcohol motifs (C(OH)–C–C–N with tert-alkyl or cyclic N) is 1. The van der Waals surface area contributed by atoms with E-state index in [2.05, 4.69) is 13.8 Å². The molecule has 0 aliphatic heterocycles. The van der Waals surface area contributed by atoms with E-state index in [1.165, 1.54) is 0 Å². The summed E-state index contributed by atoms with van der Waals surface area (Å²) in [7, 11) is 0. The molecule has 3 aromatic carbocycles. The summed E-state index contributed by atoms with van der Waals surface area (Å²) in [4.78, 5) is 33.0. The van der Waals surface area contributed by atoms with Crippen LogP contribution >= 0.6 is 11.8 Å². The molecule has 0 radical (unpaired) electrons. The van der Waals surface area contributed by atoms with Crippen LogP contribution in [0.1, 0.15) is 104 Å². The normalized spacial score (nSPS) is 14.9. The maximum absolute atomic E-state index is 14.4. The number of benzene rings is 3. The molecule has 1 saturated carbocycles. The van der Waals surface area contributed by atoms with Gasteiger partial charge in [0.05, 0.1) is 24.9 Å². The largest absolute Gasteiger partial charge is 0.395 e. The van der Waals surface area contributed by atoms with Gasteiger partial charge in [0.2, 0.25) is 0 Å². The highest BCUT2D eigenvalue weighted by Crippen LogP contribution is 2.39. The fourth-order valence-electron chi connectivity index (χ4n) is 7.34. The molecule has 1 atom stereocenters. The van der Waals surface area contributed by atoms with Gasteiger partial charge in [0.1, 0.15) is 0 Å². The summed E-state index contributed by atoms with van der Waals surface area (Å²) >= 11 is 1.66. The monoisotopic (exact) mass is 674 g/mol. The molecule has 1 aliphatic rings. The predicted octanol–water partition coefficient (Wildman–Crippen LogP) is 6.86. The summed E-state index contributed by atoms with van der Waals surface area (Å²) in [6, 6.07) is 23.3. The van der Waals surface area contributed by atoms with Crippen LogP contribution in [0.2, 0.25) is 0 Å². The van der Waals surface area contributed by atoms with Gasteiger partial charge in [-0.25, -0.2) is 0 Å². The maximum Gasteiger partial charge on any atom is 0.254 e. The van der Waals surface area contributed by atoms with Crippen molar-refractivity contribution in [2.24, 2.45) is 0 Å². The SMILES string of the molecule is CCSc1ccc(CC(O)CCc2ccccc2C(=O)N(CCO)C2(CC)CCCC2)c(C(=O)N(CCO)C(C)(C)c2ccccc2)c1. The van der Waals surface area contributed by atoms with Gasteiger partial charge in [-0.15, -0.1) is 11.8 Å². The van der Waals surface area contributed by atoms with Gasteiger partial charge in [-0.2, -0.15) is 0 Å². The summed E-state index contributed by atoms with van der Waals surface area (Å²) < 4.78 is 0. The zero-order chi connectivity index (χ0) is 34.7. The summed E-state index contributed by atoms with van der Waals surface area (Å²) in [5, 5.41) is 31.3. The number of amides is 2. The quantitative estimate of drug-likeness (QED) is 0.135. The average Bonchev–Trinajstić information content (AvgIpc) is 3.59. The van der Waals surface area contributed by atoms with Crippen LogP contribution in [0, 0.1) is 0 Å². The van der Waals surface area contributed by atoms with E-state index in [4.69, 9.17) is 0 Å². The molecular formula is C40H54N2O5S. The van der Waals surface area contributed by atoms with Crippen LogP contribution in [0.4, 0.5) is 0 Å². The topological polar surface area (TPSA) is 101 Å². The van der Waals surface area contributed by atoms with Crippen molar-refractivity contribution >= 4 is 23.6 Å². The average molecular weight is 675 g/mol. The Balaban J connectivity index is 1.57. The van der Waals surface area contributed by atoms with E-state index < -0.39 is 11.6 Å². The van der Waals surface area contributed by atoms with Gasteiger partial charge < -0.3 is 25.1 Å². The standard InChI is InChI=1S/C40H54N2O5S/c1-5-40(22-12-13-23-40)42(25-27-44)37(46)35-17-11-10-14-30(35)18-20-33(45)28-31-19-21-34(48-6-2)29-36(31)38(47)41(24-26-43)39(3,4)32-15-8-7-9-16-32/h7-11,14-17,19,21,29,33,43-45H,5-6,12-13,18,20,22-28H2,1-4H3. The number of hydrogen-bond acceptors (Lipinski definition) is 6. The van der Waals surface area contributed by atoms with Crippen molar-refractivity contribution < 1.29 is 24.9 Å². The molecule has 7 nitrogen and oxygen atoms in total. The first-order valence-corrected chi connectivity index (χ1v) is 18.5. The number of aliphatic hydroxyl groups is 3. The highest BCUT2D eigenvalue weighted by molar-refractivity contribution is 7.99. The van der Waals surface area contributed by atoms with Crippen LogP contribution < -0.4 is 0 Å². The Morgan fingerprint density at radius 3 is 2.17 bits per heavy atom. The zero-order valence-corrected chi connectivity index (χ0v) is 30.0. The molecule has 0 saturated heterocycles. The van der Waals surface area contributed by atoms with Crippen molar-refractivity contribution in [2.75, 3.05) is 32.1 Å². The number of thioether (sulfide) groups is 1. The minimum atomic E-state index is -0.747. The fraction of sp³-hybridized carbons (Fsp3) is 0.500. The first-order valence-electron chi connectivity index (χ1n) is 17.5. The van der Waals surface area contributed by atoms with Crippen molar-refractivity contribution in [3.63, 3.8) is 0 Å². The van der Waals surface area contributed by atoms with E-state index in [1.54, 1.807) is 16.7 Å². The van der Waals surface area contributed by atoms with Gasteiger partial charge in [0.25, 0.3) is 11.8 Å². The van der Waals surface area contributed by atoms with E-state index >= 15 is 0 Å². The summed E-state index contributed by atoms with van der Waals surface area (Å²) in [5.41, 5.74) is 2.84. The van der Waals surface area contributed by atoms with Crippen molar-refractivity contribution in [1.82, 2.24) is 9.80 Å². The Hall–Kier alpha value is -3.17. The van der Waals surface area contributed by atoms with E-state index in [9.17, 15) is 24.9 Å². The predicted molar refractivity (Wildman–Crippen MR) is 195 cm³/mol. The number of rotatable bonds is 17. The van der Waals surface area contributed by atoms with E-state index in [-0.39, 0.29) is 43.5 Å². The summed E-state index contributed by atoms with van der Waals surface area (Å²) in [6.45, 7) is 8.41. The van der Waals surface area contributed by atoms with Crippen molar-refractivity contribution in [3.05, 3.63) is 101 Å². The lowest BCUT2D eigenvalue weighted by atomic mass is 9.89. The maximum atomic E-state index is 14.4. The summed E-state index contributed by atoms with van der Waals surface area (Å²) in [6.07, 6.45) is 5.37. The number of nitrogens with zero attached hydrogens (tertiary/aromatic N) is 2. The van der Waals surface area contributed by atoms with Crippen LogP contribution in [0.25, 0.3) is 0 Å². The molecule has 1 fully saturated rings. The third kappa shape index (κ3) is 8.70. The van der Waals surface area contributed by atoms with Crippen molar-refractivity contribution in [2.45, 2.75) is 101 Å². The van der Waals surface area contributed by atoms with Crippen molar-refractivity contribution in [1.29, 1.82) is 0 Å². The molecular weight excluding hydrogens is 621 g/mol. The lowest BCUT2D eigenvalue weighted by Gasteiger charge is -2.41. The minimum Gasteiger partial charge on any atom is -0.395 e. The molecule has 48 heavy (non-hydrogen) atoms. The highest BCUT2D eigenvalue weighted by Gasteiger charge is 2.41. The zero-order valence-electron chi connectivity index (χ0n) is 29.2. The third-order valence-corrected chi connectivity index (χ3v) is 11.0. The molecule has 8 heteroatoms. The van der Waals surface area contributed by atoms with Gasteiger partial charge in [-0.05, 0) is 93.0 Å². The second kappa shape index (κ2) is 17.5. The Morgan fingerprint density at radius 2 is 1.52 bits per heavy atom. The molecule has 0 bridgehead atoms. The molecule has 0 heterocycles. The van der Waals surface area contributed by atoms with Crippen LogP contribution in [0.5, 0.6) is 0 Å². The second-order valence-electron chi connectivity index (χ2n) is 13.4. The van der Waals surface area contributed by atoms with Gasteiger partial charge in [0, 0.05) is 34.7 Å². The van der Waals surface area contributed by atoms with E-state index in [0.29, 0.717) is 30.5 Å². The van der Waals surface area contributed by atoms with Crippen LogP contribution in [0.15, 0.2) is 77.7 Å².